The zero-order chi connectivity index (χ0) is 24.1. The Balaban J connectivity index is 1.82. The average Bonchev–Trinajstić information content (AvgIpc) is 3.11. The number of methoxy groups -OCH3 is 1. The summed E-state index contributed by atoms with van der Waals surface area (Å²) in [4.78, 5) is 0. The molecular formula is C30H34FNO2. The summed E-state index contributed by atoms with van der Waals surface area (Å²) in [6.07, 6.45) is 4.23. The van der Waals surface area contributed by atoms with Gasteiger partial charge in [0.25, 0.3) is 0 Å². The lowest BCUT2D eigenvalue weighted by Crippen LogP contribution is -2.04. The topological polar surface area (TPSA) is 23.4 Å². The number of fused-ring (bicyclic) bond motifs is 1. The summed E-state index contributed by atoms with van der Waals surface area (Å²) in [5, 5.41) is 0.585. The maximum atomic E-state index is 16.1. The highest BCUT2D eigenvalue weighted by Gasteiger charge is 2.21. The largest absolute Gasteiger partial charge is 0.497 e. The monoisotopic (exact) mass is 459 g/mol. The third-order valence-corrected chi connectivity index (χ3v) is 6.33. The first-order chi connectivity index (χ1) is 16.5. The van der Waals surface area contributed by atoms with Gasteiger partial charge in [-0.3, -0.25) is 0 Å². The smallest absolute Gasteiger partial charge is 0.156 e. The molecule has 34 heavy (non-hydrogen) atoms. The summed E-state index contributed by atoms with van der Waals surface area (Å²) < 4.78 is 29.4. The third-order valence-electron chi connectivity index (χ3n) is 6.33. The van der Waals surface area contributed by atoms with Crippen LogP contribution in [0.1, 0.15) is 49.8 Å². The third kappa shape index (κ3) is 4.96. The lowest BCUT2D eigenvalue weighted by atomic mass is 10.0. The van der Waals surface area contributed by atoms with Gasteiger partial charge in [-0.2, -0.15) is 0 Å². The number of unbranched alkanes of at least 4 members (excludes halogenated alkanes) is 1. The standard InChI is InChI=1S/C30H34FNO2/c1-5-7-17-34-25-14-16-28-27(19-25)29(31)30(26-15-13-24(33-4)18-21(26)3)32(28)20-23-11-9-22(8-6-2)10-12-23/h9-16,18-19H,5-8,17,20H2,1-4H3. The van der Waals surface area contributed by atoms with Crippen molar-refractivity contribution < 1.29 is 13.9 Å². The molecule has 4 aromatic rings. The molecule has 0 N–H and O–H groups in total. The molecule has 178 valence electrons. The average molecular weight is 460 g/mol. The number of rotatable bonds is 10. The summed E-state index contributed by atoms with van der Waals surface area (Å²) in [5.74, 6) is 1.26. The maximum Gasteiger partial charge on any atom is 0.156 e. The Bertz CT molecular complexity index is 1260. The van der Waals surface area contributed by atoms with Gasteiger partial charge in [0.05, 0.1) is 24.9 Å². The quantitative estimate of drug-likeness (QED) is 0.225. The van der Waals surface area contributed by atoms with E-state index in [1.54, 1.807) is 7.11 Å². The Labute approximate surface area is 202 Å². The van der Waals surface area contributed by atoms with E-state index < -0.39 is 0 Å². The molecular weight excluding hydrogens is 425 g/mol. The van der Waals surface area contributed by atoms with Crippen molar-refractivity contribution in [3.05, 3.63) is 83.2 Å². The second-order valence-corrected chi connectivity index (χ2v) is 8.88. The molecule has 0 atom stereocenters. The normalized spacial score (nSPS) is 11.2. The minimum Gasteiger partial charge on any atom is -0.497 e. The number of hydrogen-bond acceptors (Lipinski definition) is 2. The molecule has 0 aliphatic carbocycles. The van der Waals surface area contributed by atoms with Gasteiger partial charge >= 0.3 is 0 Å². The first-order valence-electron chi connectivity index (χ1n) is 12.2. The van der Waals surface area contributed by atoms with Crippen LogP contribution in [0.3, 0.4) is 0 Å². The Morgan fingerprint density at radius 2 is 1.59 bits per heavy atom. The lowest BCUT2D eigenvalue weighted by molar-refractivity contribution is 0.309. The van der Waals surface area contributed by atoms with Crippen LogP contribution in [0.5, 0.6) is 11.5 Å². The Hall–Kier alpha value is -3.27. The number of benzene rings is 3. The second kappa shape index (κ2) is 10.8. The molecule has 0 bridgehead atoms. The van der Waals surface area contributed by atoms with Crippen molar-refractivity contribution in [3.8, 4) is 22.8 Å². The predicted molar refractivity (Wildman–Crippen MR) is 139 cm³/mol. The summed E-state index contributed by atoms with van der Waals surface area (Å²) in [5.41, 5.74) is 5.77. The van der Waals surface area contributed by atoms with Crippen LogP contribution in [0.2, 0.25) is 0 Å². The van der Waals surface area contributed by atoms with Crippen molar-refractivity contribution in [3.63, 3.8) is 0 Å². The molecule has 0 aliphatic rings. The van der Waals surface area contributed by atoms with Gasteiger partial charge in [-0.25, -0.2) is 4.39 Å². The fraction of sp³-hybridized carbons (Fsp3) is 0.333. The highest BCUT2D eigenvalue weighted by molar-refractivity contribution is 5.90. The van der Waals surface area contributed by atoms with E-state index in [-0.39, 0.29) is 5.82 Å². The fourth-order valence-electron chi connectivity index (χ4n) is 4.46. The lowest BCUT2D eigenvalue weighted by Gasteiger charge is -2.14. The molecule has 0 radical (unpaired) electrons. The Morgan fingerprint density at radius 3 is 2.26 bits per heavy atom. The zero-order valence-corrected chi connectivity index (χ0v) is 20.7. The highest BCUT2D eigenvalue weighted by atomic mass is 19.1. The zero-order valence-electron chi connectivity index (χ0n) is 20.7. The van der Waals surface area contributed by atoms with Gasteiger partial charge in [-0.15, -0.1) is 0 Å². The van der Waals surface area contributed by atoms with Crippen molar-refractivity contribution in [1.29, 1.82) is 0 Å². The number of ether oxygens (including phenoxy) is 2. The molecule has 0 amide bonds. The molecule has 1 heterocycles. The summed E-state index contributed by atoms with van der Waals surface area (Å²) in [6.45, 7) is 7.54. The molecule has 4 heteroatoms. The van der Waals surface area contributed by atoms with Crippen molar-refractivity contribution in [1.82, 2.24) is 4.57 Å². The molecule has 4 rings (SSSR count). The SMILES string of the molecule is CCCCOc1ccc2c(c1)c(F)c(-c1ccc(OC)cc1C)n2Cc1ccc(CCC)cc1. The molecule has 1 aromatic heterocycles. The van der Waals surface area contributed by atoms with Gasteiger partial charge in [0.1, 0.15) is 11.5 Å². The van der Waals surface area contributed by atoms with Crippen LogP contribution in [0.25, 0.3) is 22.2 Å². The van der Waals surface area contributed by atoms with E-state index in [0.717, 1.165) is 53.6 Å². The van der Waals surface area contributed by atoms with E-state index in [4.69, 9.17) is 9.47 Å². The van der Waals surface area contributed by atoms with Crippen LogP contribution in [0.15, 0.2) is 60.7 Å². The minimum atomic E-state index is -0.216. The van der Waals surface area contributed by atoms with E-state index >= 15 is 4.39 Å². The predicted octanol–water partition coefficient (Wildman–Crippen LogP) is 7.94. The van der Waals surface area contributed by atoms with E-state index in [1.165, 1.54) is 5.56 Å². The molecule has 3 nitrogen and oxygen atoms in total. The van der Waals surface area contributed by atoms with Crippen molar-refractivity contribution in [2.24, 2.45) is 0 Å². The van der Waals surface area contributed by atoms with Crippen LogP contribution < -0.4 is 9.47 Å². The number of hydrogen-bond donors (Lipinski definition) is 0. The second-order valence-electron chi connectivity index (χ2n) is 8.88. The summed E-state index contributed by atoms with van der Waals surface area (Å²) in [7, 11) is 1.65. The van der Waals surface area contributed by atoms with Gasteiger partial charge in [-0.1, -0.05) is 51.0 Å². The van der Waals surface area contributed by atoms with Gasteiger partial charge in [-0.05, 0) is 72.9 Å². The van der Waals surface area contributed by atoms with Crippen molar-refractivity contribution in [2.45, 2.75) is 53.0 Å². The molecule has 0 spiro atoms. The van der Waals surface area contributed by atoms with E-state index in [0.29, 0.717) is 30.0 Å². The summed E-state index contributed by atoms with van der Waals surface area (Å²) in [6, 6.07) is 20.2. The minimum absolute atomic E-state index is 0.216. The van der Waals surface area contributed by atoms with E-state index in [1.807, 2.05) is 43.3 Å². The van der Waals surface area contributed by atoms with Crippen LogP contribution >= 0.6 is 0 Å². The fourth-order valence-corrected chi connectivity index (χ4v) is 4.46. The van der Waals surface area contributed by atoms with Gasteiger partial charge in [0.15, 0.2) is 5.82 Å². The first-order valence-corrected chi connectivity index (χ1v) is 12.2. The van der Waals surface area contributed by atoms with Gasteiger partial charge < -0.3 is 14.0 Å². The Kier molecular flexibility index (Phi) is 7.56. The highest BCUT2D eigenvalue weighted by Crippen LogP contribution is 2.37. The number of aromatic nitrogens is 1. The van der Waals surface area contributed by atoms with Crippen LogP contribution in [0, 0.1) is 12.7 Å². The maximum absolute atomic E-state index is 16.1. The number of halogens is 1. The molecule has 0 saturated carbocycles. The molecule has 0 saturated heterocycles. The number of nitrogens with zero attached hydrogens (tertiary/aromatic N) is 1. The van der Waals surface area contributed by atoms with E-state index in [9.17, 15) is 0 Å². The van der Waals surface area contributed by atoms with Crippen molar-refractivity contribution in [2.75, 3.05) is 13.7 Å². The van der Waals surface area contributed by atoms with Gasteiger partial charge in [0, 0.05) is 17.5 Å². The molecule has 0 fully saturated rings. The molecule has 0 aliphatic heterocycles. The van der Waals surface area contributed by atoms with Gasteiger partial charge in [0.2, 0.25) is 0 Å². The van der Waals surface area contributed by atoms with Crippen LogP contribution in [0.4, 0.5) is 4.39 Å². The molecule has 0 unspecified atom stereocenters. The first kappa shape index (κ1) is 23.9. The van der Waals surface area contributed by atoms with Crippen molar-refractivity contribution >= 4 is 10.9 Å². The van der Waals surface area contributed by atoms with Crippen LogP contribution in [-0.4, -0.2) is 18.3 Å². The van der Waals surface area contributed by atoms with Crippen LogP contribution in [-0.2, 0) is 13.0 Å². The summed E-state index contributed by atoms with van der Waals surface area (Å²) >= 11 is 0. The van der Waals surface area contributed by atoms with E-state index in [2.05, 4.69) is 42.7 Å². The Morgan fingerprint density at radius 1 is 0.853 bits per heavy atom. The molecule has 3 aromatic carbocycles. The number of aryl methyl sites for hydroxylation is 2.